The van der Waals surface area contributed by atoms with E-state index in [9.17, 15) is 24.6 Å². The third-order valence-corrected chi connectivity index (χ3v) is 8.15. The highest BCUT2D eigenvalue weighted by molar-refractivity contribution is 7.99. The quantitative estimate of drug-likeness (QED) is 0.120. The summed E-state index contributed by atoms with van der Waals surface area (Å²) in [4.78, 5) is 39.1. The fraction of sp³-hybridized carbons (Fsp3) is 0.375. The molecule has 10 nitrogen and oxygen atoms in total. The number of hydrogen-bond acceptors (Lipinski definition) is 8. The second-order valence-electron chi connectivity index (χ2n) is 10.3. The fourth-order valence-corrected chi connectivity index (χ4v) is 5.77. The SMILES string of the molecule is O=C(O)CCCCCCC(=O)Nc1cccc([C@@H]2O[C@H](CSc3ncccc3C(=O)O)C[C@H](c3ccc(CO)cc3)O2)c1. The molecule has 3 atom stereocenters. The molecule has 1 aliphatic heterocycles. The zero-order valence-electron chi connectivity index (χ0n) is 23.7. The summed E-state index contributed by atoms with van der Waals surface area (Å²) in [5, 5.41) is 31.1. The standard InChI is InChI=1S/C32H36N2O8S/c35-19-21-12-14-22(15-13-21)27-18-25(20-43-30-26(31(39)40)9-6-16-33-30)41-32(42-27)23-7-5-8-24(17-23)34-28(36)10-3-1-2-4-11-29(37)38/h5-9,12-17,25,27,32,35H,1-4,10-11,18-20H2,(H,34,36)(H,37,38)(H,39,40)/t25-,27+,32+/m0/s1. The molecule has 0 unspecified atom stereocenters. The van der Waals surface area contributed by atoms with Gasteiger partial charge in [-0.15, -0.1) is 11.8 Å². The summed E-state index contributed by atoms with van der Waals surface area (Å²) < 4.78 is 12.8. The van der Waals surface area contributed by atoms with Crippen LogP contribution in [-0.2, 0) is 25.7 Å². The zero-order chi connectivity index (χ0) is 30.6. The number of aliphatic hydroxyl groups is 1. The zero-order valence-corrected chi connectivity index (χ0v) is 24.5. The predicted molar refractivity (Wildman–Crippen MR) is 161 cm³/mol. The number of ether oxygens (including phenoxy) is 2. The number of aromatic nitrogens is 1. The summed E-state index contributed by atoms with van der Waals surface area (Å²) >= 11 is 1.32. The number of aromatic carboxylic acids is 1. The van der Waals surface area contributed by atoms with E-state index >= 15 is 0 Å². The molecule has 1 saturated heterocycles. The van der Waals surface area contributed by atoms with Gasteiger partial charge in [-0.1, -0.05) is 49.2 Å². The Labute approximate surface area is 254 Å². The Hall–Kier alpha value is -3.77. The van der Waals surface area contributed by atoms with E-state index in [2.05, 4.69) is 10.3 Å². The normalized spacial score (nSPS) is 18.2. The van der Waals surface area contributed by atoms with Gasteiger partial charge in [0.05, 0.1) is 24.4 Å². The summed E-state index contributed by atoms with van der Waals surface area (Å²) in [6.07, 6.45) is 4.06. The van der Waals surface area contributed by atoms with Gasteiger partial charge < -0.3 is 30.1 Å². The largest absolute Gasteiger partial charge is 0.481 e. The van der Waals surface area contributed by atoms with E-state index in [0.29, 0.717) is 42.1 Å². The summed E-state index contributed by atoms with van der Waals surface area (Å²) in [5.74, 6) is -1.52. The number of unbranched alkanes of at least 4 members (excludes halogenated alkanes) is 3. The first-order valence-corrected chi connectivity index (χ1v) is 15.2. The molecule has 3 aromatic rings. The third-order valence-electron chi connectivity index (χ3n) is 7.01. The van der Waals surface area contributed by atoms with Gasteiger partial charge in [0.1, 0.15) is 5.03 Å². The van der Waals surface area contributed by atoms with E-state index in [1.165, 1.54) is 17.8 Å². The van der Waals surface area contributed by atoms with Crippen LogP contribution in [0, 0.1) is 0 Å². The summed E-state index contributed by atoms with van der Waals surface area (Å²) in [6, 6.07) is 18.0. The van der Waals surface area contributed by atoms with Crippen LogP contribution in [0.1, 0.15) is 84.4 Å². The minimum absolute atomic E-state index is 0.0595. The molecule has 1 aromatic heterocycles. The summed E-state index contributed by atoms with van der Waals surface area (Å²) in [7, 11) is 0. The van der Waals surface area contributed by atoms with Crippen LogP contribution in [-0.4, -0.2) is 50.0 Å². The summed E-state index contributed by atoms with van der Waals surface area (Å²) in [6.45, 7) is -0.0595. The number of carbonyl (C=O) groups is 3. The van der Waals surface area contributed by atoms with Crippen LogP contribution in [0.4, 0.5) is 5.69 Å². The lowest BCUT2D eigenvalue weighted by Crippen LogP contribution is -2.31. The van der Waals surface area contributed by atoms with Crippen LogP contribution < -0.4 is 5.32 Å². The summed E-state index contributed by atoms with van der Waals surface area (Å²) in [5.41, 5.74) is 3.19. The van der Waals surface area contributed by atoms with Crippen LogP contribution in [0.3, 0.4) is 0 Å². The number of hydrogen-bond donors (Lipinski definition) is 4. The van der Waals surface area contributed by atoms with Crippen molar-refractivity contribution in [3.63, 3.8) is 0 Å². The molecule has 2 heterocycles. The molecule has 4 rings (SSSR count). The Balaban J connectivity index is 1.43. The van der Waals surface area contributed by atoms with Crippen molar-refractivity contribution < 1.29 is 39.2 Å². The lowest BCUT2D eigenvalue weighted by Gasteiger charge is -2.36. The van der Waals surface area contributed by atoms with Gasteiger partial charge in [0.15, 0.2) is 6.29 Å². The van der Waals surface area contributed by atoms with Crippen molar-refractivity contribution in [2.45, 2.75) is 75.1 Å². The van der Waals surface area contributed by atoms with Crippen LogP contribution >= 0.6 is 11.8 Å². The van der Waals surface area contributed by atoms with Crippen molar-refractivity contribution in [2.24, 2.45) is 0 Å². The van der Waals surface area contributed by atoms with Crippen LogP contribution in [0.15, 0.2) is 71.9 Å². The number of benzene rings is 2. The Kier molecular flexibility index (Phi) is 12.1. The van der Waals surface area contributed by atoms with Crippen LogP contribution in [0.5, 0.6) is 0 Å². The molecule has 1 amide bonds. The van der Waals surface area contributed by atoms with Crippen LogP contribution in [0.25, 0.3) is 0 Å². The number of anilines is 1. The Morgan fingerprint density at radius 1 is 0.907 bits per heavy atom. The molecule has 11 heteroatoms. The second-order valence-corrected chi connectivity index (χ2v) is 11.3. The number of carbonyl (C=O) groups excluding carboxylic acids is 1. The highest BCUT2D eigenvalue weighted by atomic mass is 32.2. The molecule has 43 heavy (non-hydrogen) atoms. The number of carboxylic acid groups (broad SMARTS) is 2. The number of aliphatic hydroxyl groups excluding tert-OH is 1. The van der Waals surface area contributed by atoms with Gasteiger partial charge in [0.2, 0.25) is 5.91 Å². The lowest BCUT2D eigenvalue weighted by molar-refractivity contribution is -0.245. The average Bonchev–Trinajstić information content (AvgIpc) is 3.01. The number of nitrogens with zero attached hydrogens (tertiary/aromatic N) is 1. The van der Waals surface area contributed by atoms with Gasteiger partial charge in [-0.3, -0.25) is 9.59 Å². The van der Waals surface area contributed by atoms with Gasteiger partial charge in [-0.2, -0.15) is 0 Å². The minimum atomic E-state index is -1.04. The molecular weight excluding hydrogens is 572 g/mol. The number of aliphatic carboxylic acids is 1. The van der Waals surface area contributed by atoms with Crippen molar-refractivity contribution in [2.75, 3.05) is 11.1 Å². The smallest absolute Gasteiger partial charge is 0.338 e. The van der Waals surface area contributed by atoms with Crippen molar-refractivity contribution in [1.82, 2.24) is 4.98 Å². The van der Waals surface area contributed by atoms with Crippen molar-refractivity contribution >= 4 is 35.3 Å². The van der Waals surface area contributed by atoms with Crippen molar-refractivity contribution in [1.29, 1.82) is 0 Å². The molecular formula is C32H36N2O8S. The predicted octanol–water partition coefficient (Wildman–Crippen LogP) is 5.97. The lowest BCUT2D eigenvalue weighted by atomic mass is 10.0. The fourth-order valence-electron chi connectivity index (χ4n) is 4.77. The molecule has 1 aliphatic rings. The van der Waals surface area contributed by atoms with E-state index in [-0.39, 0.29) is 36.7 Å². The van der Waals surface area contributed by atoms with Gasteiger partial charge in [0, 0.05) is 42.5 Å². The molecule has 2 aromatic carbocycles. The topological polar surface area (TPSA) is 155 Å². The maximum absolute atomic E-state index is 12.5. The number of rotatable bonds is 15. The number of thioether (sulfide) groups is 1. The minimum Gasteiger partial charge on any atom is -0.481 e. The van der Waals surface area contributed by atoms with E-state index in [4.69, 9.17) is 14.6 Å². The molecule has 4 N–H and O–H groups in total. The van der Waals surface area contributed by atoms with Crippen molar-refractivity contribution in [3.05, 3.63) is 89.1 Å². The van der Waals surface area contributed by atoms with Gasteiger partial charge in [-0.25, -0.2) is 9.78 Å². The van der Waals surface area contributed by atoms with E-state index in [1.54, 1.807) is 18.3 Å². The first kappa shape index (κ1) is 32.2. The molecule has 228 valence electrons. The molecule has 1 fully saturated rings. The van der Waals surface area contributed by atoms with E-state index in [0.717, 1.165) is 29.5 Å². The Bertz CT molecular complexity index is 1380. The Morgan fingerprint density at radius 3 is 2.40 bits per heavy atom. The molecule has 0 bridgehead atoms. The first-order chi connectivity index (χ1) is 20.8. The molecule has 0 radical (unpaired) electrons. The number of carboxylic acids is 2. The molecule has 0 saturated carbocycles. The number of pyridine rings is 1. The highest BCUT2D eigenvalue weighted by Crippen LogP contribution is 2.40. The number of amides is 1. The first-order valence-electron chi connectivity index (χ1n) is 14.3. The maximum atomic E-state index is 12.5. The monoisotopic (exact) mass is 608 g/mol. The van der Waals surface area contributed by atoms with E-state index in [1.807, 2.05) is 42.5 Å². The molecule has 0 spiro atoms. The van der Waals surface area contributed by atoms with Crippen molar-refractivity contribution in [3.8, 4) is 0 Å². The second kappa shape index (κ2) is 16.2. The van der Waals surface area contributed by atoms with Gasteiger partial charge in [-0.05, 0) is 48.2 Å². The Morgan fingerprint density at radius 2 is 1.67 bits per heavy atom. The van der Waals surface area contributed by atoms with Crippen LogP contribution in [0.2, 0.25) is 0 Å². The van der Waals surface area contributed by atoms with Gasteiger partial charge >= 0.3 is 11.9 Å². The molecule has 0 aliphatic carbocycles. The van der Waals surface area contributed by atoms with Gasteiger partial charge in [0.25, 0.3) is 0 Å². The average molecular weight is 609 g/mol. The van der Waals surface area contributed by atoms with E-state index < -0.39 is 18.2 Å². The number of nitrogens with one attached hydrogen (secondary N) is 1. The maximum Gasteiger partial charge on any atom is 0.338 e. The third kappa shape index (κ3) is 9.89. The highest BCUT2D eigenvalue weighted by Gasteiger charge is 2.32.